The Kier molecular flexibility index (Phi) is 6.97. The van der Waals surface area contributed by atoms with Gasteiger partial charge in [0.25, 0.3) is 0 Å². The number of ether oxygens (including phenoxy) is 1. The first-order valence-electron chi connectivity index (χ1n) is 6.05. The highest BCUT2D eigenvalue weighted by Gasteiger charge is 2.00. The second-order valence-corrected chi connectivity index (χ2v) is 4.95. The normalized spacial score (nSPS) is 10.2. The zero-order chi connectivity index (χ0) is 12.5. The average molecular weight is 299 g/mol. The Hall–Kier alpha value is -0.800. The van der Waals surface area contributed by atoms with Gasteiger partial charge in [-0.3, -0.25) is 0 Å². The summed E-state index contributed by atoms with van der Waals surface area (Å²) in [5.74, 6) is 0.936. The minimum atomic E-state index is 0.781. The molecule has 3 heteroatoms. The molecule has 0 fully saturated rings. The van der Waals surface area contributed by atoms with Gasteiger partial charge in [-0.15, -0.1) is 0 Å². The summed E-state index contributed by atoms with van der Waals surface area (Å²) in [6.45, 7) is 8.69. The Labute approximate surface area is 112 Å². The van der Waals surface area contributed by atoms with Crippen LogP contribution in [-0.4, -0.2) is 19.7 Å². The molecule has 0 saturated carbocycles. The molecule has 0 saturated heterocycles. The van der Waals surface area contributed by atoms with Crippen LogP contribution in [0.25, 0.3) is 0 Å². The van der Waals surface area contributed by atoms with Crippen LogP contribution in [0.5, 0.6) is 5.75 Å². The summed E-state index contributed by atoms with van der Waals surface area (Å²) in [4.78, 5) is 0. The van der Waals surface area contributed by atoms with E-state index in [-0.39, 0.29) is 0 Å². The average Bonchev–Trinajstić information content (AvgIpc) is 2.30. The van der Waals surface area contributed by atoms with Gasteiger partial charge in [-0.05, 0) is 59.5 Å². The minimum Gasteiger partial charge on any atom is -0.492 e. The lowest BCUT2D eigenvalue weighted by atomic mass is 10.2. The summed E-state index contributed by atoms with van der Waals surface area (Å²) in [6, 6.07) is 6.16. The molecule has 0 bridgehead atoms. The van der Waals surface area contributed by atoms with Gasteiger partial charge >= 0.3 is 0 Å². The lowest BCUT2D eigenvalue weighted by Crippen LogP contribution is -2.83. The second kappa shape index (κ2) is 8.31. The number of benzene rings is 1. The highest BCUT2D eigenvalue weighted by molar-refractivity contribution is 9.10. The molecule has 1 rings (SSSR count). The largest absolute Gasteiger partial charge is 0.492 e. The molecule has 0 unspecified atom stereocenters. The molecule has 0 atom stereocenters. The first-order valence-corrected chi connectivity index (χ1v) is 6.85. The van der Waals surface area contributed by atoms with Gasteiger partial charge in [-0.1, -0.05) is 12.6 Å². The topological polar surface area (TPSA) is 25.8 Å². The third-order valence-electron chi connectivity index (χ3n) is 2.48. The fraction of sp³-hybridized carbons (Fsp3) is 0.429. The molecule has 1 aromatic rings. The lowest BCUT2D eigenvalue weighted by Gasteiger charge is -2.08. The van der Waals surface area contributed by atoms with Gasteiger partial charge < -0.3 is 10.1 Å². The number of hydrogen-bond donors (Lipinski definition) is 1. The zero-order valence-electron chi connectivity index (χ0n) is 10.4. The molecule has 1 aromatic carbocycles. The van der Waals surface area contributed by atoms with Crippen molar-refractivity contribution in [2.75, 3.05) is 19.7 Å². The van der Waals surface area contributed by atoms with Crippen LogP contribution in [0.1, 0.15) is 18.4 Å². The molecule has 17 heavy (non-hydrogen) atoms. The maximum atomic E-state index is 5.72. The molecule has 0 heterocycles. The van der Waals surface area contributed by atoms with Crippen molar-refractivity contribution in [3.8, 4) is 5.75 Å². The van der Waals surface area contributed by atoms with Crippen LogP contribution < -0.4 is 10.1 Å². The fourth-order valence-electron chi connectivity index (χ4n) is 1.53. The maximum Gasteiger partial charge on any atom is 0.133 e. The van der Waals surface area contributed by atoms with Crippen molar-refractivity contribution in [1.29, 1.82) is 0 Å². The standard InChI is InChI=1S/C14H20BrNO/c1-3-8-16-9-4-5-10-17-14-7-6-12(2)11-13(14)15/h3,6-7,11,16H,1,4-5,8-10H2,2H3/p+1. The van der Waals surface area contributed by atoms with Gasteiger partial charge in [0.15, 0.2) is 0 Å². The third-order valence-corrected chi connectivity index (χ3v) is 3.10. The van der Waals surface area contributed by atoms with Gasteiger partial charge in [-0.25, -0.2) is 0 Å². The molecule has 0 aliphatic rings. The van der Waals surface area contributed by atoms with Gasteiger partial charge in [0.2, 0.25) is 0 Å². The van der Waals surface area contributed by atoms with Crippen LogP contribution in [0.15, 0.2) is 35.3 Å². The van der Waals surface area contributed by atoms with Crippen LogP contribution >= 0.6 is 15.9 Å². The second-order valence-electron chi connectivity index (χ2n) is 4.09. The van der Waals surface area contributed by atoms with Crippen molar-refractivity contribution in [1.82, 2.24) is 0 Å². The Morgan fingerprint density at radius 1 is 1.41 bits per heavy atom. The zero-order valence-corrected chi connectivity index (χ0v) is 12.0. The summed E-state index contributed by atoms with van der Waals surface area (Å²) in [7, 11) is 0. The molecule has 0 amide bonds. The van der Waals surface area contributed by atoms with Gasteiger partial charge in [0.05, 0.1) is 24.2 Å². The summed E-state index contributed by atoms with van der Waals surface area (Å²) in [5.41, 5.74) is 1.24. The number of rotatable bonds is 8. The van der Waals surface area contributed by atoms with Crippen molar-refractivity contribution in [2.45, 2.75) is 19.8 Å². The van der Waals surface area contributed by atoms with E-state index in [2.05, 4.69) is 46.9 Å². The number of hydrogen-bond acceptors (Lipinski definition) is 1. The molecule has 0 aliphatic carbocycles. The summed E-state index contributed by atoms with van der Waals surface area (Å²) in [5, 5.41) is 2.26. The van der Waals surface area contributed by atoms with E-state index in [0.29, 0.717) is 0 Å². The predicted molar refractivity (Wildman–Crippen MR) is 75.5 cm³/mol. The van der Waals surface area contributed by atoms with Gasteiger partial charge in [0, 0.05) is 0 Å². The van der Waals surface area contributed by atoms with E-state index in [9.17, 15) is 0 Å². The molecule has 0 radical (unpaired) electrons. The Morgan fingerprint density at radius 2 is 2.24 bits per heavy atom. The first kappa shape index (κ1) is 14.3. The van der Waals surface area contributed by atoms with Crippen LogP contribution in [0, 0.1) is 6.92 Å². The van der Waals surface area contributed by atoms with Crippen molar-refractivity contribution in [2.24, 2.45) is 0 Å². The first-order chi connectivity index (χ1) is 8.24. The molecule has 94 valence electrons. The van der Waals surface area contributed by atoms with Crippen LogP contribution in [0.3, 0.4) is 0 Å². The van der Waals surface area contributed by atoms with E-state index >= 15 is 0 Å². The van der Waals surface area contributed by atoms with Crippen LogP contribution in [-0.2, 0) is 0 Å². The Morgan fingerprint density at radius 3 is 2.94 bits per heavy atom. The van der Waals surface area contributed by atoms with Gasteiger partial charge in [0.1, 0.15) is 5.75 Å². The number of aryl methyl sites for hydroxylation is 1. The number of halogens is 1. The summed E-state index contributed by atoms with van der Waals surface area (Å²) < 4.78 is 6.76. The summed E-state index contributed by atoms with van der Waals surface area (Å²) >= 11 is 3.51. The lowest BCUT2D eigenvalue weighted by molar-refractivity contribution is -0.646. The molecular formula is C14H21BrNO+. The minimum absolute atomic E-state index is 0.781. The predicted octanol–water partition coefficient (Wildman–Crippen LogP) is 2.67. The molecule has 0 aromatic heterocycles. The van der Waals surface area contributed by atoms with E-state index in [1.54, 1.807) is 0 Å². The van der Waals surface area contributed by atoms with E-state index in [1.807, 2.05) is 12.1 Å². The molecule has 0 aliphatic heterocycles. The smallest absolute Gasteiger partial charge is 0.133 e. The Balaban J connectivity index is 2.15. The molecule has 2 N–H and O–H groups in total. The molecule has 0 spiro atoms. The number of unbranched alkanes of at least 4 members (excludes halogenated alkanes) is 1. The van der Waals surface area contributed by atoms with Crippen molar-refractivity contribution < 1.29 is 10.1 Å². The number of nitrogens with two attached hydrogens (primary N) is 1. The maximum absolute atomic E-state index is 5.72. The SMILES string of the molecule is C=CC[NH2+]CCCCOc1ccc(C)cc1Br. The van der Waals surface area contributed by atoms with E-state index < -0.39 is 0 Å². The quantitative estimate of drug-likeness (QED) is 0.579. The van der Waals surface area contributed by atoms with Crippen LogP contribution in [0.2, 0.25) is 0 Å². The van der Waals surface area contributed by atoms with E-state index in [1.165, 1.54) is 12.0 Å². The van der Waals surface area contributed by atoms with E-state index in [4.69, 9.17) is 4.74 Å². The number of quaternary nitrogens is 1. The van der Waals surface area contributed by atoms with E-state index in [0.717, 1.165) is 36.3 Å². The Bertz CT molecular complexity index is 352. The molecule has 2 nitrogen and oxygen atoms in total. The summed E-state index contributed by atoms with van der Waals surface area (Å²) in [6.07, 6.45) is 4.20. The highest BCUT2D eigenvalue weighted by Crippen LogP contribution is 2.25. The van der Waals surface area contributed by atoms with Crippen molar-refractivity contribution >= 4 is 15.9 Å². The van der Waals surface area contributed by atoms with Crippen molar-refractivity contribution in [3.05, 3.63) is 40.9 Å². The molecular weight excluding hydrogens is 278 g/mol. The highest BCUT2D eigenvalue weighted by atomic mass is 79.9. The third kappa shape index (κ3) is 5.89. The monoisotopic (exact) mass is 298 g/mol. The van der Waals surface area contributed by atoms with Crippen LogP contribution in [0.4, 0.5) is 0 Å². The fourth-order valence-corrected chi connectivity index (χ4v) is 2.14. The van der Waals surface area contributed by atoms with Crippen molar-refractivity contribution in [3.63, 3.8) is 0 Å². The van der Waals surface area contributed by atoms with Gasteiger partial charge in [-0.2, -0.15) is 0 Å².